The summed E-state index contributed by atoms with van der Waals surface area (Å²) < 4.78 is 12.0. The normalized spacial score (nSPS) is 16.2. The van der Waals surface area contributed by atoms with Crippen LogP contribution in [0.2, 0.25) is 0 Å². The van der Waals surface area contributed by atoms with Crippen LogP contribution in [0.4, 0.5) is 0 Å². The maximum atomic E-state index is 6.00. The summed E-state index contributed by atoms with van der Waals surface area (Å²) in [4.78, 5) is 0. The first-order chi connectivity index (χ1) is 7.22. The smallest absolute Gasteiger partial charge is 0.162 e. The Labute approximate surface area is 97.7 Å². The van der Waals surface area contributed by atoms with Gasteiger partial charge >= 0.3 is 0 Å². The zero-order valence-corrected chi connectivity index (χ0v) is 10.2. The molecular formula is C11H14BrNO2. The molecule has 0 saturated carbocycles. The van der Waals surface area contributed by atoms with Gasteiger partial charge in [-0.3, -0.25) is 0 Å². The van der Waals surface area contributed by atoms with Crippen molar-refractivity contribution in [2.24, 2.45) is 5.73 Å². The summed E-state index contributed by atoms with van der Waals surface area (Å²) in [5, 5.41) is 0. The summed E-state index contributed by atoms with van der Waals surface area (Å²) >= 11 is 3.50. The second-order valence-corrected chi connectivity index (χ2v) is 4.39. The number of fused-ring (bicyclic) bond motifs is 1. The van der Waals surface area contributed by atoms with E-state index in [0.717, 1.165) is 28.0 Å². The van der Waals surface area contributed by atoms with Gasteiger partial charge in [0.05, 0.1) is 0 Å². The predicted molar refractivity (Wildman–Crippen MR) is 62.4 cm³/mol. The third-order valence-electron chi connectivity index (χ3n) is 2.50. The molecule has 0 radical (unpaired) electrons. The number of nitrogens with two attached hydrogens (primary N) is 1. The van der Waals surface area contributed by atoms with Crippen LogP contribution in [0.15, 0.2) is 16.6 Å². The summed E-state index contributed by atoms with van der Waals surface area (Å²) in [6, 6.07) is 3.93. The minimum atomic E-state index is 0.0372. The van der Waals surface area contributed by atoms with E-state index in [1.807, 2.05) is 12.1 Å². The SMILES string of the molecule is CC[C@@H](N)c1cc2c(cc1Br)OCCO2. The molecule has 0 bridgehead atoms. The number of halogens is 1. The molecule has 2 N–H and O–H groups in total. The van der Waals surface area contributed by atoms with E-state index in [1.165, 1.54) is 0 Å². The second-order valence-electron chi connectivity index (χ2n) is 3.53. The molecule has 0 spiro atoms. The molecule has 0 aromatic heterocycles. The van der Waals surface area contributed by atoms with Crippen LogP contribution in [0.3, 0.4) is 0 Å². The van der Waals surface area contributed by atoms with Crippen LogP contribution in [-0.2, 0) is 0 Å². The van der Waals surface area contributed by atoms with Crippen LogP contribution in [-0.4, -0.2) is 13.2 Å². The van der Waals surface area contributed by atoms with E-state index in [2.05, 4.69) is 22.9 Å². The highest BCUT2D eigenvalue weighted by Crippen LogP contribution is 2.37. The minimum absolute atomic E-state index is 0.0372. The molecule has 1 heterocycles. The van der Waals surface area contributed by atoms with Crippen LogP contribution in [0, 0.1) is 0 Å². The molecule has 0 amide bonds. The Balaban J connectivity index is 2.40. The average Bonchev–Trinajstić information content (AvgIpc) is 2.27. The zero-order valence-electron chi connectivity index (χ0n) is 8.63. The molecule has 1 aromatic rings. The van der Waals surface area contributed by atoms with Crippen molar-refractivity contribution in [1.29, 1.82) is 0 Å². The second kappa shape index (κ2) is 4.41. The summed E-state index contributed by atoms with van der Waals surface area (Å²) in [5.41, 5.74) is 7.07. The highest BCUT2D eigenvalue weighted by atomic mass is 79.9. The van der Waals surface area contributed by atoms with E-state index >= 15 is 0 Å². The van der Waals surface area contributed by atoms with E-state index in [4.69, 9.17) is 15.2 Å². The molecule has 1 aliphatic heterocycles. The Hall–Kier alpha value is -0.740. The Kier molecular flexibility index (Phi) is 3.17. The summed E-state index contributed by atoms with van der Waals surface area (Å²) in [5.74, 6) is 1.59. The fourth-order valence-electron chi connectivity index (χ4n) is 1.58. The lowest BCUT2D eigenvalue weighted by molar-refractivity contribution is 0.171. The maximum Gasteiger partial charge on any atom is 0.162 e. The summed E-state index contributed by atoms with van der Waals surface area (Å²) in [6.45, 7) is 3.28. The van der Waals surface area contributed by atoms with Crippen molar-refractivity contribution in [3.63, 3.8) is 0 Å². The minimum Gasteiger partial charge on any atom is -0.486 e. The van der Waals surface area contributed by atoms with Crippen LogP contribution < -0.4 is 15.2 Å². The molecule has 1 aromatic carbocycles. The van der Waals surface area contributed by atoms with Gasteiger partial charge in [0.1, 0.15) is 13.2 Å². The maximum absolute atomic E-state index is 6.00. The first-order valence-electron chi connectivity index (χ1n) is 5.07. The Morgan fingerprint density at radius 2 is 1.93 bits per heavy atom. The average molecular weight is 272 g/mol. The van der Waals surface area contributed by atoms with Crippen molar-refractivity contribution in [1.82, 2.24) is 0 Å². The van der Waals surface area contributed by atoms with Gasteiger partial charge < -0.3 is 15.2 Å². The van der Waals surface area contributed by atoms with Crippen molar-refractivity contribution in [2.45, 2.75) is 19.4 Å². The van der Waals surface area contributed by atoms with Gasteiger partial charge in [-0.15, -0.1) is 0 Å². The molecule has 3 nitrogen and oxygen atoms in total. The lowest BCUT2D eigenvalue weighted by Crippen LogP contribution is -2.17. The van der Waals surface area contributed by atoms with Gasteiger partial charge in [-0.1, -0.05) is 22.9 Å². The molecule has 1 aliphatic rings. The molecule has 0 fully saturated rings. The van der Waals surface area contributed by atoms with Crippen LogP contribution in [0.5, 0.6) is 11.5 Å². The third-order valence-corrected chi connectivity index (χ3v) is 3.19. The molecule has 15 heavy (non-hydrogen) atoms. The standard InChI is InChI=1S/C11H14BrNO2/c1-2-9(13)7-5-10-11(6-8(7)12)15-4-3-14-10/h5-6,9H,2-4,13H2,1H3/t9-/m1/s1. The van der Waals surface area contributed by atoms with Gasteiger partial charge in [0, 0.05) is 10.5 Å². The Bertz CT molecular complexity index is 368. The van der Waals surface area contributed by atoms with Crippen molar-refractivity contribution in [2.75, 3.05) is 13.2 Å². The van der Waals surface area contributed by atoms with E-state index in [-0.39, 0.29) is 6.04 Å². The van der Waals surface area contributed by atoms with Crippen LogP contribution >= 0.6 is 15.9 Å². The van der Waals surface area contributed by atoms with Crippen LogP contribution in [0.25, 0.3) is 0 Å². The number of hydrogen-bond acceptors (Lipinski definition) is 3. The lowest BCUT2D eigenvalue weighted by Gasteiger charge is -2.21. The molecule has 0 aliphatic carbocycles. The third kappa shape index (κ3) is 2.11. The van der Waals surface area contributed by atoms with Crippen LogP contribution in [0.1, 0.15) is 24.9 Å². The monoisotopic (exact) mass is 271 g/mol. The quantitative estimate of drug-likeness (QED) is 0.900. The molecule has 82 valence electrons. The van der Waals surface area contributed by atoms with Crippen molar-refractivity contribution in [3.05, 3.63) is 22.2 Å². The highest BCUT2D eigenvalue weighted by molar-refractivity contribution is 9.10. The summed E-state index contributed by atoms with van der Waals surface area (Å²) in [7, 11) is 0. The number of ether oxygens (including phenoxy) is 2. The molecule has 2 rings (SSSR count). The zero-order chi connectivity index (χ0) is 10.8. The predicted octanol–water partition coefficient (Wildman–Crippen LogP) is 2.63. The fraction of sp³-hybridized carbons (Fsp3) is 0.455. The van der Waals surface area contributed by atoms with Gasteiger partial charge in [0.15, 0.2) is 11.5 Å². The molecular weight excluding hydrogens is 258 g/mol. The van der Waals surface area contributed by atoms with Crippen molar-refractivity contribution >= 4 is 15.9 Å². The topological polar surface area (TPSA) is 44.5 Å². The van der Waals surface area contributed by atoms with Gasteiger partial charge in [-0.2, -0.15) is 0 Å². The molecule has 1 atom stereocenters. The van der Waals surface area contributed by atoms with Crippen molar-refractivity contribution < 1.29 is 9.47 Å². The van der Waals surface area contributed by atoms with Gasteiger partial charge in [-0.05, 0) is 24.1 Å². The Morgan fingerprint density at radius 3 is 2.53 bits per heavy atom. The van der Waals surface area contributed by atoms with Crippen molar-refractivity contribution in [3.8, 4) is 11.5 Å². The highest BCUT2D eigenvalue weighted by Gasteiger charge is 2.17. The first-order valence-corrected chi connectivity index (χ1v) is 5.86. The molecule has 0 unspecified atom stereocenters. The Morgan fingerprint density at radius 1 is 1.33 bits per heavy atom. The van der Waals surface area contributed by atoms with Gasteiger partial charge in [0.25, 0.3) is 0 Å². The largest absolute Gasteiger partial charge is 0.486 e. The van der Waals surface area contributed by atoms with Gasteiger partial charge in [-0.25, -0.2) is 0 Å². The van der Waals surface area contributed by atoms with E-state index < -0.39 is 0 Å². The van der Waals surface area contributed by atoms with Gasteiger partial charge in [0.2, 0.25) is 0 Å². The van der Waals surface area contributed by atoms with E-state index in [9.17, 15) is 0 Å². The van der Waals surface area contributed by atoms with E-state index in [1.54, 1.807) is 0 Å². The number of rotatable bonds is 2. The molecule has 0 saturated heterocycles. The number of benzene rings is 1. The fourth-order valence-corrected chi connectivity index (χ4v) is 2.20. The summed E-state index contributed by atoms with van der Waals surface area (Å²) in [6.07, 6.45) is 0.901. The molecule has 4 heteroatoms. The lowest BCUT2D eigenvalue weighted by atomic mass is 10.0. The van der Waals surface area contributed by atoms with E-state index in [0.29, 0.717) is 13.2 Å². The first kappa shape index (κ1) is 10.8. The number of hydrogen-bond donors (Lipinski definition) is 1.